The lowest BCUT2D eigenvalue weighted by molar-refractivity contribution is -0.699. The summed E-state index contributed by atoms with van der Waals surface area (Å²) in [5.41, 5.74) is 5.36. The average molecular weight is 585 g/mol. The van der Waals surface area contributed by atoms with Gasteiger partial charge in [0.15, 0.2) is 0 Å². The Hall–Kier alpha value is -0.770. The molecule has 242 valence electrons. The van der Waals surface area contributed by atoms with E-state index in [4.69, 9.17) is 5.73 Å². The molecular weight excluding hydrogens is 518 g/mol. The van der Waals surface area contributed by atoms with Crippen molar-refractivity contribution in [2.45, 2.75) is 160 Å². The number of aliphatic hydroxyl groups excluding tert-OH is 2. The van der Waals surface area contributed by atoms with Crippen molar-refractivity contribution in [3.63, 3.8) is 0 Å². The molecule has 1 saturated heterocycles. The monoisotopic (exact) mass is 584 g/mol. The molecule has 1 aliphatic heterocycles. The van der Waals surface area contributed by atoms with Crippen LogP contribution >= 0.6 is 0 Å². The Morgan fingerprint density at radius 2 is 1.61 bits per heavy atom. The summed E-state index contributed by atoms with van der Waals surface area (Å²) in [6, 6.07) is 0. The molecule has 1 heterocycles. The van der Waals surface area contributed by atoms with Crippen LogP contribution in [-0.4, -0.2) is 64.9 Å². The second-order valence-electron chi connectivity index (χ2n) is 13.8. The van der Waals surface area contributed by atoms with Crippen LogP contribution in [0, 0.1) is 23.7 Å². The van der Waals surface area contributed by atoms with Crippen molar-refractivity contribution in [1.29, 1.82) is 0 Å². The number of carbonyl (C=O) groups excluding carboxylic acids is 1. The van der Waals surface area contributed by atoms with Gasteiger partial charge in [0.05, 0.1) is 37.4 Å². The van der Waals surface area contributed by atoms with Crippen LogP contribution in [0.2, 0.25) is 0 Å². The number of aliphatic hydroxyl groups is 3. The lowest BCUT2D eigenvalue weighted by Gasteiger charge is -2.30. The van der Waals surface area contributed by atoms with Crippen molar-refractivity contribution in [1.82, 2.24) is 0 Å². The fraction of sp³-hybridized carbons (Fsp3) is 0.970. The van der Waals surface area contributed by atoms with Crippen molar-refractivity contribution in [3.05, 3.63) is 0 Å². The van der Waals surface area contributed by atoms with Gasteiger partial charge in [-0.05, 0) is 76.5 Å². The summed E-state index contributed by atoms with van der Waals surface area (Å²) in [4.78, 5) is 11.9. The Kier molecular flexibility index (Phi) is 18.0. The first-order valence-electron chi connectivity index (χ1n) is 17.4. The minimum atomic E-state index is -1.19. The van der Waals surface area contributed by atoms with E-state index in [2.05, 4.69) is 24.5 Å². The molecular formula is C33H66N3O5+. The summed E-state index contributed by atoms with van der Waals surface area (Å²) in [5, 5.41) is 49.0. The predicted molar refractivity (Wildman–Crippen MR) is 161 cm³/mol. The SMILES string of the molecule is CCCCCCCC(O)CCCCCCC(C(=O)[O-])C(O)CCC1(O)CC(C[NH2+]CC)C(CC2CC[NH2+]C(N)C2)C1. The highest BCUT2D eigenvalue weighted by Gasteiger charge is 2.45. The summed E-state index contributed by atoms with van der Waals surface area (Å²) >= 11 is 0. The molecule has 0 bridgehead atoms. The van der Waals surface area contributed by atoms with Crippen LogP contribution < -0.4 is 21.5 Å². The van der Waals surface area contributed by atoms with Gasteiger partial charge in [0.2, 0.25) is 0 Å². The molecule has 8 nitrogen and oxygen atoms in total. The van der Waals surface area contributed by atoms with Crippen LogP contribution in [0.25, 0.3) is 0 Å². The van der Waals surface area contributed by atoms with E-state index in [1.807, 2.05) is 0 Å². The molecule has 1 aliphatic carbocycles. The third-order valence-electron chi connectivity index (χ3n) is 10.1. The molecule has 0 spiro atoms. The topological polar surface area (TPSA) is 160 Å². The first kappa shape index (κ1) is 36.4. The van der Waals surface area contributed by atoms with Gasteiger partial charge < -0.3 is 35.9 Å². The number of carboxylic acid groups (broad SMARTS) is 1. The molecule has 8 unspecified atom stereocenters. The summed E-state index contributed by atoms with van der Waals surface area (Å²) in [6.07, 6.45) is 16.1. The highest BCUT2D eigenvalue weighted by Crippen LogP contribution is 2.45. The second kappa shape index (κ2) is 20.2. The molecule has 0 aromatic heterocycles. The number of quaternary nitrogens is 2. The van der Waals surface area contributed by atoms with E-state index >= 15 is 0 Å². The molecule has 0 radical (unpaired) electrons. The maximum atomic E-state index is 11.9. The molecule has 9 N–H and O–H groups in total. The molecule has 2 fully saturated rings. The molecule has 1 saturated carbocycles. The van der Waals surface area contributed by atoms with Gasteiger partial charge in [-0.2, -0.15) is 0 Å². The number of carboxylic acids is 1. The Morgan fingerprint density at radius 1 is 0.976 bits per heavy atom. The minimum absolute atomic E-state index is 0.183. The number of hydrogen-bond acceptors (Lipinski definition) is 6. The van der Waals surface area contributed by atoms with Crippen LogP contribution in [-0.2, 0) is 4.79 Å². The Balaban J connectivity index is 1.72. The van der Waals surface area contributed by atoms with Gasteiger partial charge >= 0.3 is 0 Å². The normalized spacial score (nSPS) is 28.9. The van der Waals surface area contributed by atoms with Gasteiger partial charge in [-0.3, -0.25) is 5.73 Å². The molecule has 0 aromatic carbocycles. The fourth-order valence-electron chi connectivity index (χ4n) is 7.63. The minimum Gasteiger partial charge on any atom is -0.550 e. The zero-order valence-corrected chi connectivity index (χ0v) is 26.5. The lowest BCUT2D eigenvalue weighted by Crippen LogP contribution is -2.94. The smallest absolute Gasteiger partial charge is 0.137 e. The standard InChI is InChI=1S/C33H65N3O5/c1-3-5-6-7-10-13-28(37)14-11-8-9-12-15-29(32(39)40)30(38)16-18-33(41)22-26(27(23-33)24-35-4-2)20-25-17-19-36-31(34)21-25/h25-31,35-38,41H,3-24,34H2,1-2H3,(H,39,40)/p+1. The summed E-state index contributed by atoms with van der Waals surface area (Å²) in [6.45, 7) is 7.47. The predicted octanol–water partition coefficient (Wildman–Crippen LogP) is 1.54. The van der Waals surface area contributed by atoms with Gasteiger partial charge in [-0.15, -0.1) is 0 Å². The average Bonchev–Trinajstić information content (AvgIpc) is 3.24. The van der Waals surface area contributed by atoms with Crippen LogP contribution in [0.4, 0.5) is 0 Å². The maximum absolute atomic E-state index is 11.9. The van der Waals surface area contributed by atoms with Crippen molar-refractivity contribution in [3.8, 4) is 0 Å². The molecule has 41 heavy (non-hydrogen) atoms. The van der Waals surface area contributed by atoms with Crippen molar-refractivity contribution >= 4 is 5.97 Å². The highest BCUT2D eigenvalue weighted by molar-refractivity contribution is 5.68. The van der Waals surface area contributed by atoms with Gasteiger partial charge in [0, 0.05) is 24.2 Å². The molecule has 2 aliphatic rings. The van der Waals surface area contributed by atoms with E-state index < -0.39 is 23.6 Å². The van der Waals surface area contributed by atoms with E-state index in [-0.39, 0.29) is 12.3 Å². The van der Waals surface area contributed by atoms with Crippen molar-refractivity contribution in [2.75, 3.05) is 19.6 Å². The molecule has 0 aromatic rings. The third kappa shape index (κ3) is 14.5. The number of hydrogen-bond donors (Lipinski definition) is 6. The Labute approximate surface area is 250 Å². The van der Waals surface area contributed by atoms with E-state index in [1.54, 1.807) is 0 Å². The number of carbonyl (C=O) groups is 1. The van der Waals surface area contributed by atoms with E-state index in [0.29, 0.717) is 37.0 Å². The largest absolute Gasteiger partial charge is 0.550 e. The van der Waals surface area contributed by atoms with Crippen molar-refractivity contribution < 1.29 is 35.9 Å². The quantitative estimate of drug-likeness (QED) is 0.0999. The van der Waals surface area contributed by atoms with Crippen LogP contribution in [0.1, 0.15) is 136 Å². The molecule has 8 atom stereocenters. The van der Waals surface area contributed by atoms with Crippen LogP contribution in [0.3, 0.4) is 0 Å². The number of aliphatic carboxylic acids is 1. The number of piperidine rings is 1. The fourth-order valence-corrected chi connectivity index (χ4v) is 7.63. The van der Waals surface area contributed by atoms with E-state index in [1.165, 1.54) is 32.1 Å². The van der Waals surface area contributed by atoms with Gasteiger partial charge in [0.25, 0.3) is 0 Å². The van der Waals surface area contributed by atoms with Gasteiger partial charge in [-0.1, -0.05) is 64.7 Å². The first-order chi connectivity index (χ1) is 19.7. The molecule has 0 amide bonds. The second-order valence-corrected chi connectivity index (χ2v) is 13.8. The van der Waals surface area contributed by atoms with E-state index in [9.17, 15) is 25.2 Å². The number of nitrogens with two attached hydrogens (primary N) is 3. The lowest BCUT2D eigenvalue weighted by atomic mass is 9.81. The zero-order chi connectivity index (χ0) is 30.1. The molecule has 8 heteroatoms. The summed E-state index contributed by atoms with van der Waals surface area (Å²) < 4.78 is 0. The molecule has 2 rings (SSSR count). The van der Waals surface area contributed by atoms with Crippen LogP contribution in [0.15, 0.2) is 0 Å². The van der Waals surface area contributed by atoms with Gasteiger partial charge in [0.1, 0.15) is 6.17 Å². The van der Waals surface area contributed by atoms with Crippen LogP contribution in [0.5, 0.6) is 0 Å². The zero-order valence-electron chi connectivity index (χ0n) is 26.5. The maximum Gasteiger partial charge on any atom is 0.137 e. The van der Waals surface area contributed by atoms with Crippen molar-refractivity contribution in [2.24, 2.45) is 29.4 Å². The number of unbranched alkanes of at least 4 members (excludes halogenated alkanes) is 7. The Bertz CT molecular complexity index is 698. The van der Waals surface area contributed by atoms with Gasteiger partial charge in [-0.25, -0.2) is 0 Å². The first-order valence-corrected chi connectivity index (χ1v) is 17.4. The number of rotatable bonds is 23. The third-order valence-corrected chi connectivity index (χ3v) is 10.1. The summed E-state index contributed by atoms with van der Waals surface area (Å²) in [7, 11) is 0. The Morgan fingerprint density at radius 3 is 2.22 bits per heavy atom. The highest BCUT2D eigenvalue weighted by atomic mass is 16.4. The van der Waals surface area contributed by atoms with E-state index in [0.717, 1.165) is 90.3 Å². The summed E-state index contributed by atoms with van der Waals surface area (Å²) in [5.74, 6) is -0.581.